The molecule has 1 aliphatic rings. The van der Waals surface area contributed by atoms with E-state index in [9.17, 15) is 9.00 Å². The molecular formula is C4H8N2O2S. The van der Waals surface area contributed by atoms with Gasteiger partial charge < -0.3 is 0 Å². The molecule has 4 nitrogen and oxygen atoms in total. The van der Waals surface area contributed by atoms with Crippen molar-refractivity contribution < 1.29 is 9.00 Å². The molecule has 0 aliphatic carbocycles. The molecule has 0 saturated carbocycles. The fourth-order valence-electron chi connectivity index (χ4n) is 0.656. The minimum Gasteiger partial charge on any atom is -0.270 e. The van der Waals surface area contributed by atoms with E-state index in [2.05, 4.69) is 9.08 Å². The average Bonchev–Trinajstić information content (AvgIpc) is 1.79. The number of carbonyl (C=O) groups excluding carboxylic acids is 1. The van der Waals surface area contributed by atoms with Gasteiger partial charge in [-0.3, -0.25) is 4.79 Å². The number of amides is 1. The molecule has 9 heavy (non-hydrogen) atoms. The Labute approximate surface area is 54.0 Å². The summed E-state index contributed by atoms with van der Waals surface area (Å²) in [7, 11) is -2.37. The zero-order valence-electron chi connectivity index (χ0n) is 5.25. The van der Waals surface area contributed by atoms with E-state index in [1.54, 1.807) is 6.92 Å². The standard InChI is InChI=1S/C4H8N2O2S/c1-3-4(7)6-9(2,8)5-3/h3H,1-2H3,(H,5,6,7,8)/t3-,9?/m0/s1. The van der Waals surface area contributed by atoms with Crippen LogP contribution in [0.4, 0.5) is 0 Å². The molecule has 1 amide bonds. The van der Waals surface area contributed by atoms with Gasteiger partial charge in [-0.25, -0.2) is 8.93 Å². The highest BCUT2D eigenvalue weighted by Crippen LogP contribution is 2.01. The van der Waals surface area contributed by atoms with Gasteiger partial charge in [0.25, 0.3) is 5.91 Å². The summed E-state index contributed by atoms with van der Waals surface area (Å²) in [4.78, 5) is 10.6. The van der Waals surface area contributed by atoms with E-state index >= 15 is 0 Å². The molecule has 0 aromatic rings. The quantitative estimate of drug-likeness (QED) is 0.504. The lowest BCUT2D eigenvalue weighted by Crippen LogP contribution is -2.28. The highest BCUT2D eigenvalue weighted by Gasteiger charge is 2.23. The van der Waals surface area contributed by atoms with Gasteiger partial charge in [-0.05, 0) is 6.92 Å². The van der Waals surface area contributed by atoms with E-state index in [1.807, 2.05) is 0 Å². The van der Waals surface area contributed by atoms with E-state index in [1.165, 1.54) is 6.26 Å². The summed E-state index contributed by atoms with van der Waals surface area (Å²) in [5.41, 5.74) is 0. The van der Waals surface area contributed by atoms with Crippen LogP contribution >= 0.6 is 0 Å². The first-order valence-corrected chi connectivity index (χ1v) is 4.47. The SMILES string of the molecule is C[C@@H]1NS(C)(=O)=NC1=O. The van der Waals surface area contributed by atoms with Crippen LogP contribution in [0.1, 0.15) is 6.92 Å². The van der Waals surface area contributed by atoms with Gasteiger partial charge in [0.1, 0.15) is 9.92 Å². The van der Waals surface area contributed by atoms with Crippen molar-refractivity contribution in [1.82, 2.24) is 4.72 Å². The molecule has 1 aliphatic heterocycles. The third kappa shape index (κ3) is 1.28. The molecule has 0 saturated heterocycles. The molecule has 5 heteroatoms. The highest BCUT2D eigenvalue weighted by atomic mass is 32.2. The fourth-order valence-corrected chi connectivity index (χ4v) is 1.97. The largest absolute Gasteiger partial charge is 0.272 e. The van der Waals surface area contributed by atoms with Crippen LogP contribution in [0.15, 0.2) is 4.36 Å². The summed E-state index contributed by atoms with van der Waals surface area (Å²) in [5, 5.41) is 0. The molecule has 1 heterocycles. The summed E-state index contributed by atoms with van der Waals surface area (Å²) in [6, 6.07) is -0.373. The molecule has 1 unspecified atom stereocenters. The van der Waals surface area contributed by atoms with E-state index < -0.39 is 9.92 Å². The maximum absolute atomic E-state index is 10.9. The first kappa shape index (κ1) is 6.70. The summed E-state index contributed by atoms with van der Waals surface area (Å²) in [6.07, 6.45) is 1.41. The molecule has 1 N–H and O–H groups in total. The monoisotopic (exact) mass is 148 g/mol. The number of nitrogens with one attached hydrogen (secondary N) is 1. The second-order valence-electron chi connectivity index (χ2n) is 2.07. The summed E-state index contributed by atoms with van der Waals surface area (Å²) in [6.45, 7) is 1.64. The topological polar surface area (TPSA) is 58.5 Å². The van der Waals surface area contributed by atoms with Crippen molar-refractivity contribution in [2.45, 2.75) is 13.0 Å². The van der Waals surface area contributed by atoms with E-state index in [0.717, 1.165) is 0 Å². The zero-order valence-corrected chi connectivity index (χ0v) is 6.07. The second-order valence-corrected chi connectivity index (χ2v) is 4.09. The maximum atomic E-state index is 10.9. The van der Waals surface area contributed by atoms with Crippen LogP contribution in [0, 0.1) is 0 Å². The van der Waals surface area contributed by atoms with Crippen LogP contribution in [-0.4, -0.2) is 22.4 Å². The number of hydrogen-bond acceptors (Lipinski definition) is 2. The first-order chi connectivity index (χ1) is 4.01. The molecule has 0 bridgehead atoms. The van der Waals surface area contributed by atoms with Crippen molar-refractivity contribution in [3.8, 4) is 0 Å². The Hall–Kier alpha value is -0.420. The smallest absolute Gasteiger partial charge is 0.270 e. The van der Waals surface area contributed by atoms with E-state index in [0.29, 0.717) is 0 Å². The van der Waals surface area contributed by atoms with Gasteiger partial charge >= 0.3 is 0 Å². The molecule has 0 fully saturated rings. The normalized spacial score (nSPS) is 42.9. The molecule has 0 aromatic carbocycles. The molecule has 0 aromatic heterocycles. The van der Waals surface area contributed by atoms with E-state index in [4.69, 9.17) is 0 Å². The number of hydrogen-bond donors (Lipinski definition) is 1. The Morgan fingerprint density at radius 2 is 2.33 bits per heavy atom. The maximum Gasteiger partial charge on any atom is 0.272 e. The van der Waals surface area contributed by atoms with Crippen LogP contribution in [0.2, 0.25) is 0 Å². The fraction of sp³-hybridized carbons (Fsp3) is 0.750. The average molecular weight is 148 g/mol. The van der Waals surface area contributed by atoms with Gasteiger partial charge in [0.15, 0.2) is 0 Å². The predicted molar refractivity (Wildman–Crippen MR) is 34.1 cm³/mol. The lowest BCUT2D eigenvalue weighted by atomic mass is 10.4. The van der Waals surface area contributed by atoms with Crippen LogP contribution in [0.5, 0.6) is 0 Å². The van der Waals surface area contributed by atoms with Crippen molar-refractivity contribution in [3.05, 3.63) is 0 Å². The molecule has 0 radical (unpaired) electrons. The minimum atomic E-state index is -2.37. The molecular weight excluding hydrogens is 140 g/mol. The Bertz CT molecular complexity index is 251. The van der Waals surface area contributed by atoms with Crippen molar-refractivity contribution in [1.29, 1.82) is 0 Å². The molecule has 2 atom stereocenters. The number of nitrogens with zero attached hydrogens (tertiary/aromatic N) is 1. The van der Waals surface area contributed by atoms with Crippen molar-refractivity contribution >= 4 is 15.8 Å². The Kier molecular flexibility index (Phi) is 1.32. The van der Waals surface area contributed by atoms with E-state index in [-0.39, 0.29) is 11.9 Å². The zero-order chi connectivity index (χ0) is 7.07. The predicted octanol–water partition coefficient (Wildman–Crippen LogP) is -0.483. The van der Waals surface area contributed by atoms with Gasteiger partial charge in [0.2, 0.25) is 0 Å². The van der Waals surface area contributed by atoms with Gasteiger partial charge in [-0.2, -0.15) is 0 Å². The van der Waals surface area contributed by atoms with Crippen LogP contribution in [0.3, 0.4) is 0 Å². The number of carbonyl (C=O) groups is 1. The van der Waals surface area contributed by atoms with Crippen LogP contribution < -0.4 is 4.72 Å². The third-order valence-electron chi connectivity index (χ3n) is 1.03. The summed E-state index contributed by atoms with van der Waals surface area (Å²) < 4.78 is 16.8. The Balaban J connectivity index is 3.01. The Morgan fingerprint density at radius 1 is 1.78 bits per heavy atom. The third-order valence-corrected chi connectivity index (χ3v) is 2.35. The molecule has 52 valence electrons. The minimum absolute atomic E-state index is 0.317. The van der Waals surface area contributed by atoms with Gasteiger partial charge in [0.05, 0.1) is 6.04 Å². The van der Waals surface area contributed by atoms with Crippen molar-refractivity contribution in [2.75, 3.05) is 6.26 Å². The van der Waals surface area contributed by atoms with Crippen molar-refractivity contribution in [3.63, 3.8) is 0 Å². The lowest BCUT2D eigenvalue weighted by molar-refractivity contribution is -0.118. The first-order valence-electron chi connectivity index (χ1n) is 2.54. The van der Waals surface area contributed by atoms with Gasteiger partial charge in [-0.1, -0.05) is 0 Å². The number of rotatable bonds is 0. The molecule has 0 spiro atoms. The highest BCUT2D eigenvalue weighted by molar-refractivity contribution is 7.91. The summed E-state index contributed by atoms with van der Waals surface area (Å²) >= 11 is 0. The van der Waals surface area contributed by atoms with Crippen molar-refractivity contribution in [2.24, 2.45) is 4.36 Å². The Morgan fingerprint density at radius 3 is 2.44 bits per heavy atom. The van der Waals surface area contributed by atoms with Crippen LogP contribution in [-0.2, 0) is 14.7 Å². The van der Waals surface area contributed by atoms with Gasteiger partial charge in [-0.15, -0.1) is 4.36 Å². The second kappa shape index (κ2) is 1.78. The molecule has 1 rings (SSSR count). The summed E-state index contributed by atoms with van der Waals surface area (Å²) in [5.74, 6) is -0.317. The van der Waals surface area contributed by atoms with Crippen LogP contribution in [0.25, 0.3) is 0 Å². The van der Waals surface area contributed by atoms with Gasteiger partial charge in [0, 0.05) is 6.26 Å². The lowest BCUT2D eigenvalue weighted by Gasteiger charge is -1.97.